The monoisotopic (exact) mass is 310 g/mol. The minimum atomic E-state index is -0.812. The molecule has 2 aromatic carbocycles. The highest BCUT2D eigenvalue weighted by molar-refractivity contribution is 5.99. The van der Waals surface area contributed by atoms with Crippen molar-refractivity contribution in [2.24, 2.45) is 0 Å². The molecule has 118 valence electrons. The predicted molar refractivity (Wildman–Crippen MR) is 87.1 cm³/mol. The van der Waals surface area contributed by atoms with Crippen LogP contribution in [0.2, 0.25) is 0 Å². The summed E-state index contributed by atoms with van der Waals surface area (Å²) in [7, 11) is 0. The van der Waals surface area contributed by atoms with Crippen molar-refractivity contribution >= 4 is 17.5 Å². The maximum atomic E-state index is 12.2. The van der Waals surface area contributed by atoms with Crippen LogP contribution in [0, 0.1) is 0 Å². The summed E-state index contributed by atoms with van der Waals surface area (Å²) in [5, 5.41) is 5.65. The molecule has 2 unspecified atom stereocenters. The largest absolute Gasteiger partial charge is 0.478 e. The molecule has 0 aliphatic carbocycles. The van der Waals surface area contributed by atoms with Gasteiger partial charge in [0.1, 0.15) is 5.75 Å². The number of benzene rings is 2. The molecular weight excluding hydrogens is 292 g/mol. The molecule has 3 rings (SSSR count). The van der Waals surface area contributed by atoms with Crippen LogP contribution in [-0.2, 0) is 9.59 Å². The number of carbonyl (C=O) groups excluding carboxylic acids is 2. The molecule has 0 radical (unpaired) electrons. The highest BCUT2D eigenvalue weighted by Gasteiger charge is 2.29. The molecule has 1 aliphatic rings. The molecule has 5 nitrogen and oxygen atoms in total. The lowest BCUT2D eigenvalue weighted by atomic mass is 10.1. The van der Waals surface area contributed by atoms with Crippen LogP contribution in [0.15, 0.2) is 54.6 Å². The molecule has 0 bridgehead atoms. The number of hydrogen-bond acceptors (Lipinski definition) is 3. The van der Waals surface area contributed by atoms with Crippen LogP contribution >= 0.6 is 0 Å². The maximum Gasteiger partial charge on any atom is 0.266 e. The third kappa shape index (κ3) is 3.51. The highest BCUT2D eigenvalue weighted by atomic mass is 16.5. The number of ether oxygens (including phenoxy) is 1. The first-order valence-corrected chi connectivity index (χ1v) is 7.54. The Labute approximate surface area is 134 Å². The number of rotatable bonds is 4. The zero-order valence-corrected chi connectivity index (χ0v) is 12.8. The standard InChI is InChI=1S/C18H18N2O3/c1-12(13-7-3-2-4-8-13)19-17(21)11-16-18(22)20-14-9-5-6-10-15(14)23-16/h2-10,12,16H,11H2,1H3,(H,19,21)(H,20,22). The van der Waals surface area contributed by atoms with E-state index in [4.69, 9.17) is 4.74 Å². The number of fused-ring (bicyclic) bond motifs is 1. The first-order valence-electron chi connectivity index (χ1n) is 7.54. The van der Waals surface area contributed by atoms with Crippen LogP contribution < -0.4 is 15.4 Å². The van der Waals surface area contributed by atoms with E-state index in [2.05, 4.69) is 10.6 Å². The summed E-state index contributed by atoms with van der Waals surface area (Å²) in [5.41, 5.74) is 1.65. The average molecular weight is 310 g/mol. The van der Waals surface area contributed by atoms with Crippen molar-refractivity contribution in [3.05, 3.63) is 60.2 Å². The molecule has 1 aliphatic heterocycles. The number of amides is 2. The molecule has 2 aromatic rings. The van der Waals surface area contributed by atoms with Crippen LogP contribution in [0.3, 0.4) is 0 Å². The van der Waals surface area contributed by atoms with E-state index < -0.39 is 6.10 Å². The Balaban J connectivity index is 1.61. The zero-order valence-electron chi connectivity index (χ0n) is 12.8. The van der Waals surface area contributed by atoms with Crippen molar-refractivity contribution in [2.75, 3.05) is 5.32 Å². The lowest BCUT2D eigenvalue weighted by Crippen LogP contribution is -2.41. The van der Waals surface area contributed by atoms with Gasteiger partial charge in [-0.1, -0.05) is 42.5 Å². The van der Waals surface area contributed by atoms with E-state index in [-0.39, 0.29) is 24.3 Å². The van der Waals surface area contributed by atoms with E-state index in [1.165, 1.54) is 0 Å². The molecule has 0 saturated heterocycles. The number of hydrogen-bond donors (Lipinski definition) is 2. The van der Waals surface area contributed by atoms with Crippen molar-refractivity contribution in [1.82, 2.24) is 5.32 Å². The number of nitrogens with one attached hydrogen (secondary N) is 2. The number of anilines is 1. The van der Waals surface area contributed by atoms with E-state index in [9.17, 15) is 9.59 Å². The molecule has 23 heavy (non-hydrogen) atoms. The van der Waals surface area contributed by atoms with Gasteiger partial charge in [0.15, 0.2) is 6.10 Å². The number of para-hydroxylation sites is 2. The van der Waals surface area contributed by atoms with Crippen molar-refractivity contribution in [3.8, 4) is 5.75 Å². The van der Waals surface area contributed by atoms with Gasteiger partial charge in [-0.2, -0.15) is 0 Å². The van der Waals surface area contributed by atoms with E-state index in [0.717, 1.165) is 5.56 Å². The Morgan fingerprint density at radius 3 is 2.65 bits per heavy atom. The molecule has 1 heterocycles. The molecule has 0 spiro atoms. The molecule has 2 amide bonds. The summed E-state index contributed by atoms with van der Waals surface area (Å²) in [6.45, 7) is 1.91. The minimum absolute atomic E-state index is 0.0165. The van der Waals surface area contributed by atoms with Gasteiger partial charge in [0.2, 0.25) is 5.91 Å². The summed E-state index contributed by atoms with van der Waals surface area (Å²) >= 11 is 0. The fraction of sp³-hybridized carbons (Fsp3) is 0.222. The third-order valence-electron chi connectivity index (χ3n) is 3.75. The van der Waals surface area contributed by atoms with E-state index >= 15 is 0 Å². The van der Waals surface area contributed by atoms with Gasteiger partial charge >= 0.3 is 0 Å². The Morgan fingerprint density at radius 2 is 1.87 bits per heavy atom. The van der Waals surface area contributed by atoms with Gasteiger partial charge in [-0.3, -0.25) is 9.59 Å². The summed E-state index contributed by atoms with van der Waals surface area (Å²) in [4.78, 5) is 24.2. The summed E-state index contributed by atoms with van der Waals surface area (Å²) in [5.74, 6) is 0.0631. The van der Waals surface area contributed by atoms with Crippen molar-refractivity contribution < 1.29 is 14.3 Å². The smallest absolute Gasteiger partial charge is 0.266 e. The Bertz CT molecular complexity index is 715. The van der Waals surface area contributed by atoms with Gasteiger partial charge in [0.25, 0.3) is 5.91 Å². The van der Waals surface area contributed by atoms with Crippen LogP contribution in [-0.4, -0.2) is 17.9 Å². The normalized spacial score (nSPS) is 17.4. The van der Waals surface area contributed by atoms with Gasteiger partial charge in [-0.25, -0.2) is 0 Å². The number of carbonyl (C=O) groups is 2. The molecule has 2 atom stereocenters. The molecule has 5 heteroatoms. The lowest BCUT2D eigenvalue weighted by molar-refractivity contribution is -0.130. The second-order valence-corrected chi connectivity index (χ2v) is 5.50. The summed E-state index contributed by atoms with van der Waals surface area (Å²) in [6, 6.07) is 16.7. The Hall–Kier alpha value is -2.82. The van der Waals surface area contributed by atoms with Gasteiger partial charge < -0.3 is 15.4 Å². The summed E-state index contributed by atoms with van der Waals surface area (Å²) < 4.78 is 5.63. The quantitative estimate of drug-likeness (QED) is 0.912. The van der Waals surface area contributed by atoms with E-state index in [1.54, 1.807) is 12.1 Å². The van der Waals surface area contributed by atoms with Crippen LogP contribution in [0.1, 0.15) is 24.9 Å². The fourth-order valence-corrected chi connectivity index (χ4v) is 2.52. The van der Waals surface area contributed by atoms with Crippen molar-refractivity contribution in [1.29, 1.82) is 0 Å². The third-order valence-corrected chi connectivity index (χ3v) is 3.75. The molecule has 0 fully saturated rings. The molecular formula is C18H18N2O3. The van der Waals surface area contributed by atoms with E-state index in [0.29, 0.717) is 11.4 Å². The zero-order chi connectivity index (χ0) is 16.2. The van der Waals surface area contributed by atoms with Crippen LogP contribution in [0.4, 0.5) is 5.69 Å². The van der Waals surface area contributed by atoms with Gasteiger partial charge in [-0.15, -0.1) is 0 Å². The first-order chi connectivity index (χ1) is 11.1. The van der Waals surface area contributed by atoms with Gasteiger partial charge in [0.05, 0.1) is 18.2 Å². The van der Waals surface area contributed by atoms with E-state index in [1.807, 2.05) is 49.4 Å². The molecule has 0 saturated carbocycles. The molecule has 0 aromatic heterocycles. The SMILES string of the molecule is CC(NC(=O)CC1Oc2ccccc2NC1=O)c1ccccc1. The average Bonchev–Trinajstić information content (AvgIpc) is 2.56. The topological polar surface area (TPSA) is 67.4 Å². The summed E-state index contributed by atoms with van der Waals surface area (Å²) in [6.07, 6.45) is -0.829. The van der Waals surface area contributed by atoms with Gasteiger partial charge in [0, 0.05) is 0 Å². The van der Waals surface area contributed by atoms with Crippen molar-refractivity contribution in [3.63, 3.8) is 0 Å². The highest BCUT2D eigenvalue weighted by Crippen LogP contribution is 2.29. The van der Waals surface area contributed by atoms with Crippen LogP contribution in [0.25, 0.3) is 0 Å². The Kier molecular flexibility index (Phi) is 4.28. The fourth-order valence-electron chi connectivity index (χ4n) is 2.52. The lowest BCUT2D eigenvalue weighted by Gasteiger charge is -2.25. The van der Waals surface area contributed by atoms with Gasteiger partial charge in [-0.05, 0) is 24.6 Å². The second-order valence-electron chi connectivity index (χ2n) is 5.50. The predicted octanol–water partition coefficient (Wildman–Crippen LogP) is 2.65. The van der Waals surface area contributed by atoms with Crippen molar-refractivity contribution in [2.45, 2.75) is 25.5 Å². The Morgan fingerprint density at radius 1 is 1.17 bits per heavy atom. The second kappa shape index (κ2) is 6.52. The molecule has 2 N–H and O–H groups in total. The minimum Gasteiger partial charge on any atom is -0.478 e. The van der Waals surface area contributed by atoms with Crippen LogP contribution in [0.5, 0.6) is 5.75 Å². The first kappa shape index (κ1) is 15.1. The maximum absolute atomic E-state index is 12.2.